The minimum Gasteiger partial charge on any atom is -0.462 e. The summed E-state index contributed by atoms with van der Waals surface area (Å²) < 4.78 is 32.9. The molecule has 0 aliphatic heterocycles. The summed E-state index contributed by atoms with van der Waals surface area (Å²) >= 11 is 0. The minimum absolute atomic E-state index is 0.175. The maximum absolute atomic E-state index is 12.7. The summed E-state index contributed by atoms with van der Waals surface area (Å²) in [5.74, 6) is -0.924. The van der Waals surface area contributed by atoms with Crippen LogP contribution in [0.15, 0.2) is 48.6 Å². The fraction of sp³-hybridized carbons (Fsp3) is 0.815. The van der Waals surface area contributed by atoms with Crippen LogP contribution in [-0.4, -0.2) is 65.7 Å². The van der Waals surface area contributed by atoms with Crippen molar-refractivity contribution in [3.63, 3.8) is 0 Å². The van der Waals surface area contributed by atoms with Crippen LogP contribution in [0, 0.1) is 0 Å². The zero-order chi connectivity index (χ0) is 47.6. The van der Waals surface area contributed by atoms with E-state index in [1.54, 1.807) is 0 Å². The first-order valence-corrected chi connectivity index (χ1v) is 28.1. The van der Waals surface area contributed by atoms with Gasteiger partial charge in [0.05, 0.1) is 19.8 Å². The lowest BCUT2D eigenvalue weighted by molar-refractivity contribution is -0.161. The smallest absolute Gasteiger partial charge is 0.462 e. The molecule has 0 aromatic heterocycles. The Balaban J connectivity index is 4.15. The van der Waals surface area contributed by atoms with Crippen molar-refractivity contribution in [2.75, 3.05) is 26.4 Å². The number of carbonyl (C=O) groups is 2. The topological polar surface area (TPSA) is 149 Å². The molecule has 0 bridgehead atoms. The zero-order valence-electron chi connectivity index (χ0n) is 41.7. The molecular weight excluding hydrogens is 840 g/mol. The lowest BCUT2D eigenvalue weighted by Gasteiger charge is -2.20. The molecule has 0 fully saturated rings. The number of carbonyl (C=O) groups excluding carboxylic acids is 2. The van der Waals surface area contributed by atoms with Gasteiger partial charge in [-0.15, -0.1) is 0 Å². The number of hydrogen-bond acceptors (Lipinski definition) is 9. The molecule has 380 valence electrons. The number of hydrogen-bond donors (Lipinski definition) is 3. The van der Waals surface area contributed by atoms with Crippen LogP contribution in [-0.2, 0) is 32.7 Å². The van der Waals surface area contributed by atoms with Gasteiger partial charge >= 0.3 is 19.8 Å². The summed E-state index contributed by atoms with van der Waals surface area (Å²) in [6.07, 6.45) is 56.5. The van der Waals surface area contributed by atoms with Gasteiger partial charge in [-0.1, -0.05) is 229 Å². The van der Waals surface area contributed by atoms with E-state index in [0.29, 0.717) is 12.8 Å². The van der Waals surface area contributed by atoms with Crippen molar-refractivity contribution in [1.82, 2.24) is 0 Å². The number of aliphatic hydroxyl groups is 2. The Morgan fingerprint density at radius 2 is 0.846 bits per heavy atom. The van der Waals surface area contributed by atoms with E-state index in [-0.39, 0.29) is 19.4 Å². The minimum atomic E-state index is -4.63. The Morgan fingerprint density at radius 1 is 0.477 bits per heavy atom. The van der Waals surface area contributed by atoms with Gasteiger partial charge in [0, 0.05) is 12.8 Å². The molecule has 11 heteroatoms. The number of phosphoric acid groups is 1. The molecule has 0 aliphatic carbocycles. The van der Waals surface area contributed by atoms with Gasteiger partial charge < -0.3 is 24.6 Å². The Hall–Kier alpha value is -2.07. The summed E-state index contributed by atoms with van der Waals surface area (Å²) in [6.45, 7) is 2.31. The molecule has 3 unspecified atom stereocenters. The molecule has 0 aromatic rings. The van der Waals surface area contributed by atoms with E-state index in [0.717, 1.165) is 70.6 Å². The average Bonchev–Trinajstić information content (AvgIpc) is 3.30. The molecule has 0 spiro atoms. The highest BCUT2D eigenvalue weighted by molar-refractivity contribution is 7.47. The second-order valence-corrected chi connectivity index (χ2v) is 19.3. The van der Waals surface area contributed by atoms with E-state index in [1.807, 2.05) is 0 Å². The number of aliphatic hydroxyl groups excluding tert-OH is 2. The van der Waals surface area contributed by atoms with Gasteiger partial charge in [0.2, 0.25) is 0 Å². The summed E-state index contributed by atoms with van der Waals surface area (Å²) in [5.41, 5.74) is 0. The highest BCUT2D eigenvalue weighted by Crippen LogP contribution is 2.43. The highest BCUT2D eigenvalue weighted by Gasteiger charge is 2.27. The van der Waals surface area contributed by atoms with E-state index in [9.17, 15) is 24.2 Å². The number of phosphoric ester groups is 1. The van der Waals surface area contributed by atoms with Gasteiger partial charge in [-0.3, -0.25) is 18.6 Å². The van der Waals surface area contributed by atoms with Crippen molar-refractivity contribution in [3.05, 3.63) is 48.6 Å². The molecule has 0 heterocycles. The molecule has 0 rings (SSSR count). The zero-order valence-corrected chi connectivity index (χ0v) is 42.6. The maximum atomic E-state index is 12.7. The van der Waals surface area contributed by atoms with Crippen molar-refractivity contribution >= 4 is 19.8 Å². The molecule has 3 atom stereocenters. The predicted octanol–water partition coefficient (Wildman–Crippen LogP) is 15.2. The van der Waals surface area contributed by atoms with Crippen molar-refractivity contribution in [2.45, 2.75) is 257 Å². The maximum Gasteiger partial charge on any atom is 0.472 e. The monoisotopic (exact) mass is 939 g/mol. The van der Waals surface area contributed by atoms with E-state index >= 15 is 0 Å². The second kappa shape index (κ2) is 49.8. The van der Waals surface area contributed by atoms with Gasteiger partial charge in [0.15, 0.2) is 6.10 Å². The molecular formula is C54H99O10P. The fourth-order valence-electron chi connectivity index (χ4n) is 7.46. The standard InChI is InChI=1S/C54H99O10P/c1-3-5-7-9-11-13-15-17-19-21-23-25-27-29-31-33-35-37-39-41-43-45-53(57)61-49-52(50-63-65(59,60)62-48-51(56)47-55)64-54(58)46-44-42-40-38-36-34-32-30-28-26-24-22-20-18-16-14-12-10-8-6-4-2/h6,8,12,14,18,20,24,26,51-52,55-56H,3-5,7,9-11,13,15-17,19,21-23,25,27-50H2,1-2H3,(H,59,60)/b8-6-,14-12-,20-18-,26-24-. The van der Waals surface area contributed by atoms with Crippen LogP contribution >= 0.6 is 7.82 Å². The summed E-state index contributed by atoms with van der Waals surface area (Å²) in [6, 6.07) is 0. The SMILES string of the molecule is CC/C=C\C/C=C\C/C=C\C/C=C\CCCCCCCCCCC(=O)OC(COC(=O)CCCCCCCCCCCCCCCCCCCCCCC)COP(=O)(O)OCC(O)CO. The molecule has 3 N–H and O–H groups in total. The van der Waals surface area contributed by atoms with Crippen molar-refractivity contribution < 1.29 is 47.8 Å². The van der Waals surface area contributed by atoms with Crippen LogP contribution in [0.5, 0.6) is 0 Å². The van der Waals surface area contributed by atoms with E-state index in [1.165, 1.54) is 135 Å². The summed E-state index contributed by atoms with van der Waals surface area (Å²) in [4.78, 5) is 35.2. The van der Waals surface area contributed by atoms with Crippen molar-refractivity contribution in [3.8, 4) is 0 Å². The van der Waals surface area contributed by atoms with Crippen LogP contribution < -0.4 is 0 Å². The molecule has 0 aliphatic rings. The summed E-state index contributed by atoms with van der Waals surface area (Å²) in [7, 11) is -4.63. The van der Waals surface area contributed by atoms with Crippen LogP contribution in [0.1, 0.15) is 245 Å². The van der Waals surface area contributed by atoms with E-state index in [2.05, 4.69) is 62.5 Å². The van der Waals surface area contributed by atoms with E-state index < -0.39 is 51.8 Å². The Kier molecular flexibility index (Phi) is 48.2. The molecule has 10 nitrogen and oxygen atoms in total. The van der Waals surface area contributed by atoms with Gasteiger partial charge in [0.1, 0.15) is 12.7 Å². The molecule has 0 saturated heterocycles. The molecule has 65 heavy (non-hydrogen) atoms. The quantitative estimate of drug-likeness (QED) is 0.0233. The van der Waals surface area contributed by atoms with Crippen molar-refractivity contribution in [2.24, 2.45) is 0 Å². The first-order chi connectivity index (χ1) is 31.7. The normalized spacial score (nSPS) is 14.0. The summed E-state index contributed by atoms with van der Waals surface area (Å²) in [5, 5.41) is 18.4. The third kappa shape index (κ3) is 49.7. The Labute approximate surface area is 398 Å². The number of unbranched alkanes of at least 4 members (excludes halogenated alkanes) is 28. The number of esters is 2. The van der Waals surface area contributed by atoms with Crippen molar-refractivity contribution in [1.29, 1.82) is 0 Å². The first-order valence-electron chi connectivity index (χ1n) is 26.6. The molecule has 0 amide bonds. The van der Waals surface area contributed by atoms with Gasteiger partial charge in [-0.25, -0.2) is 4.57 Å². The lowest BCUT2D eigenvalue weighted by atomic mass is 10.0. The number of ether oxygens (including phenoxy) is 2. The van der Waals surface area contributed by atoms with Gasteiger partial charge in [-0.2, -0.15) is 0 Å². The van der Waals surface area contributed by atoms with Gasteiger partial charge in [-0.05, 0) is 51.4 Å². The van der Waals surface area contributed by atoms with Crippen LogP contribution in [0.25, 0.3) is 0 Å². The third-order valence-corrected chi connectivity index (χ3v) is 12.4. The largest absolute Gasteiger partial charge is 0.472 e. The Morgan fingerprint density at radius 3 is 1.28 bits per heavy atom. The van der Waals surface area contributed by atoms with Crippen LogP contribution in [0.4, 0.5) is 0 Å². The fourth-order valence-corrected chi connectivity index (χ4v) is 8.25. The predicted molar refractivity (Wildman–Crippen MR) is 270 cm³/mol. The second-order valence-electron chi connectivity index (χ2n) is 17.9. The molecule has 0 saturated carbocycles. The third-order valence-electron chi connectivity index (χ3n) is 11.5. The Bertz CT molecular complexity index is 1220. The molecule has 0 aromatic carbocycles. The van der Waals surface area contributed by atoms with Crippen LogP contribution in [0.3, 0.4) is 0 Å². The van der Waals surface area contributed by atoms with Gasteiger partial charge in [0.25, 0.3) is 0 Å². The first kappa shape index (κ1) is 62.9. The van der Waals surface area contributed by atoms with E-state index in [4.69, 9.17) is 23.6 Å². The number of rotatable bonds is 50. The lowest BCUT2D eigenvalue weighted by Crippen LogP contribution is -2.29. The molecule has 0 radical (unpaired) electrons. The van der Waals surface area contributed by atoms with Crippen LogP contribution in [0.2, 0.25) is 0 Å². The number of allylic oxidation sites excluding steroid dienone is 8. The highest BCUT2D eigenvalue weighted by atomic mass is 31.2. The average molecular weight is 939 g/mol.